The van der Waals surface area contributed by atoms with Crippen molar-refractivity contribution >= 4 is 33.2 Å². The lowest BCUT2D eigenvalue weighted by Gasteiger charge is -2.22. The van der Waals surface area contributed by atoms with Crippen molar-refractivity contribution in [1.29, 1.82) is 0 Å². The summed E-state index contributed by atoms with van der Waals surface area (Å²) in [6.45, 7) is 8.35. The average Bonchev–Trinajstić information content (AvgIpc) is 3.37. The zero-order chi connectivity index (χ0) is 25.9. The number of aryl methyl sites for hydroxylation is 1. The Morgan fingerprint density at radius 3 is 2.61 bits per heavy atom. The molecule has 0 spiro atoms. The molecule has 2 aromatic carbocycles. The molecule has 7 nitrogen and oxygen atoms in total. The Kier molecular flexibility index (Phi) is 7.59. The van der Waals surface area contributed by atoms with Crippen LogP contribution in [0.25, 0.3) is 16.2 Å². The molecule has 0 aliphatic heterocycles. The van der Waals surface area contributed by atoms with E-state index in [4.69, 9.17) is 10.1 Å². The molecule has 0 bridgehead atoms. The number of benzene rings is 2. The number of rotatable bonds is 9. The second kappa shape index (κ2) is 10.7. The molecule has 0 fully saturated rings. The lowest BCUT2D eigenvalue weighted by atomic mass is 10.1. The number of imidazole rings is 1. The summed E-state index contributed by atoms with van der Waals surface area (Å²) in [5.74, 6) is 0.320. The molecule has 36 heavy (non-hydrogen) atoms. The zero-order valence-corrected chi connectivity index (χ0v) is 22.2. The zero-order valence-electron chi connectivity index (χ0n) is 21.4. The van der Waals surface area contributed by atoms with Gasteiger partial charge in [-0.1, -0.05) is 53.8 Å². The molecule has 2 N–H and O–H groups in total. The summed E-state index contributed by atoms with van der Waals surface area (Å²) in [4.78, 5) is 19.9. The Hall–Kier alpha value is -3.46. The summed E-state index contributed by atoms with van der Waals surface area (Å²) in [5, 5.41) is 12.0. The van der Waals surface area contributed by atoms with Crippen LogP contribution in [0.15, 0.2) is 54.6 Å². The molecule has 1 atom stereocenters. The van der Waals surface area contributed by atoms with Gasteiger partial charge in [-0.3, -0.25) is 4.79 Å². The van der Waals surface area contributed by atoms with E-state index in [2.05, 4.69) is 22.8 Å². The maximum Gasteiger partial charge on any atom is 0.239 e. The Bertz CT molecular complexity index is 1330. The molecule has 2 aromatic heterocycles. The Balaban J connectivity index is 1.47. The molecule has 0 saturated heterocycles. The monoisotopic (exact) mass is 508 g/mol. The molecule has 0 saturated carbocycles. The van der Waals surface area contributed by atoms with Gasteiger partial charge in [0.15, 0.2) is 5.82 Å². The topological polar surface area (TPSA) is 74.6 Å². The van der Waals surface area contributed by atoms with Crippen molar-refractivity contribution in [2.45, 2.75) is 52.1 Å². The fraction of sp³-hybridized carbons (Fsp3) is 0.370. The number of amides is 1. The first-order valence-corrected chi connectivity index (χ1v) is 12.9. The third kappa shape index (κ3) is 6.40. The van der Waals surface area contributed by atoms with Gasteiger partial charge in [0.2, 0.25) is 16.0 Å². The maximum absolute atomic E-state index is 13.9. The molecular weight excluding hydrogens is 475 g/mol. The van der Waals surface area contributed by atoms with Crippen LogP contribution in [0.1, 0.15) is 39.7 Å². The standard InChI is InChI=1S/C27H33FN6OS/c1-18(14-15-19-10-7-6-8-11-19)29-22(35)17-33(5)26-32-34-24(31-27(2,3)4)23(30-25(34)36-26)20-12-9-13-21(28)16-20/h6-13,16,18,31H,14-15,17H2,1-5H3,(H,29,35). The molecular formula is C27H33FN6OS. The largest absolute Gasteiger partial charge is 0.364 e. The summed E-state index contributed by atoms with van der Waals surface area (Å²) < 4.78 is 15.6. The van der Waals surface area contributed by atoms with Gasteiger partial charge < -0.3 is 15.5 Å². The van der Waals surface area contributed by atoms with Crippen molar-refractivity contribution in [1.82, 2.24) is 19.9 Å². The fourth-order valence-electron chi connectivity index (χ4n) is 3.90. The fourth-order valence-corrected chi connectivity index (χ4v) is 4.76. The van der Waals surface area contributed by atoms with Gasteiger partial charge in [-0.15, -0.1) is 5.10 Å². The summed E-state index contributed by atoms with van der Waals surface area (Å²) in [6, 6.07) is 16.7. The molecule has 1 unspecified atom stereocenters. The van der Waals surface area contributed by atoms with Crippen molar-refractivity contribution in [2.75, 3.05) is 23.8 Å². The van der Waals surface area contributed by atoms with E-state index in [1.165, 1.54) is 29.0 Å². The van der Waals surface area contributed by atoms with Crippen LogP contribution in [-0.4, -0.2) is 45.7 Å². The smallest absolute Gasteiger partial charge is 0.239 e. The lowest BCUT2D eigenvalue weighted by Crippen LogP contribution is -2.40. The van der Waals surface area contributed by atoms with Crippen LogP contribution >= 0.6 is 11.3 Å². The van der Waals surface area contributed by atoms with Crippen LogP contribution < -0.4 is 15.5 Å². The van der Waals surface area contributed by atoms with E-state index in [1.807, 2.05) is 63.9 Å². The number of carbonyl (C=O) groups excluding carboxylic acids is 1. The Morgan fingerprint density at radius 1 is 1.17 bits per heavy atom. The lowest BCUT2D eigenvalue weighted by molar-refractivity contribution is -0.120. The van der Waals surface area contributed by atoms with Crippen molar-refractivity contribution < 1.29 is 9.18 Å². The number of hydrogen-bond acceptors (Lipinski definition) is 6. The second-order valence-electron chi connectivity index (χ2n) is 10.1. The summed E-state index contributed by atoms with van der Waals surface area (Å²) >= 11 is 1.39. The number of nitrogens with one attached hydrogen (secondary N) is 2. The Morgan fingerprint density at radius 2 is 1.92 bits per heavy atom. The number of likely N-dealkylation sites (N-methyl/N-ethyl adjacent to an activating group) is 1. The van der Waals surface area contributed by atoms with E-state index >= 15 is 0 Å². The summed E-state index contributed by atoms with van der Waals surface area (Å²) in [6.07, 6.45) is 1.79. The third-order valence-electron chi connectivity index (χ3n) is 5.61. The number of fused-ring (bicyclic) bond motifs is 1. The maximum atomic E-state index is 13.9. The number of hydrogen-bond donors (Lipinski definition) is 2. The third-order valence-corrected chi connectivity index (χ3v) is 6.63. The van der Waals surface area contributed by atoms with Crippen molar-refractivity contribution in [3.63, 3.8) is 0 Å². The van der Waals surface area contributed by atoms with Crippen LogP contribution in [0.2, 0.25) is 0 Å². The first-order chi connectivity index (χ1) is 17.1. The van der Waals surface area contributed by atoms with E-state index < -0.39 is 0 Å². The minimum absolute atomic E-state index is 0.0561. The van der Waals surface area contributed by atoms with Crippen LogP contribution in [0.3, 0.4) is 0 Å². The molecule has 0 radical (unpaired) electrons. The normalized spacial score (nSPS) is 12.5. The number of carbonyl (C=O) groups is 1. The highest BCUT2D eigenvalue weighted by atomic mass is 32.1. The second-order valence-corrected chi connectivity index (χ2v) is 11.1. The highest BCUT2D eigenvalue weighted by molar-refractivity contribution is 7.20. The van der Waals surface area contributed by atoms with Crippen molar-refractivity contribution in [3.8, 4) is 11.3 Å². The molecule has 0 aliphatic carbocycles. The average molecular weight is 509 g/mol. The van der Waals surface area contributed by atoms with Crippen LogP contribution in [0.4, 0.5) is 15.3 Å². The molecule has 1 amide bonds. The van der Waals surface area contributed by atoms with Crippen molar-refractivity contribution in [3.05, 3.63) is 66.0 Å². The van der Waals surface area contributed by atoms with Crippen molar-refractivity contribution in [2.24, 2.45) is 0 Å². The first kappa shape index (κ1) is 25.6. The molecule has 0 aliphatic rings. The number of nitrogens with zero attached hydrogens (tertiary/aromatic N) is 4. The molecule has 190 valence electrons. The van der Waals surface area contributed by atoms with Gasteiger partial charge in [-0.25, -0.2) is 9.37 Å². The minimum Gasteiger partial charge on any atom is -0.364 e. The number of halogens is 1. The SMILES string of the molecule is CC(CCc1ccccc1)NC(=O)CN(C)c1nn2c(NC(C)(C)C)c(-c3cccc(F)c3)nc2s1. The van der Waals surface area contributed by atoms with Crippen LogP contribution in [0, 0.1) is 5.82 Å². The number of anilines is 2. The molecule has 9 heteroatoms. The minimum atomic E-state index is -0.317. The van der Waals surface area contributed by atoms with Crippen LogP contribution in [-0.2, 0) is 11.2 Å². The highest BCUT2D eigenvalue weighted by Crippen LogP contribution is 2.34. The highest BCUT2D eigenvalue weighted by Gasteiger charge is 2.23. The quantitative estimate of drug-likeness (QED) is 0.318. The van der Waals surface area contributed by atoms with E-state index in [1.54, 1.807) is 10.6 Å². The van der Waals surface area contributed by atoms with Gasteiger partial charge in [-0.2, -0.15) is 4.52 Å². The molecule has 2 heterocycles. The van der Waals surface area contributed by atoms with E-state index in [-0.39, 0.29) is 29.8 Å². The van der Waals surface area contributed by atoms with Gasteiger partial charge in [0.05, 0.1) is 6.54 Å². The molecule has 4 aromatic rings. The predicted octanol–water partition coefficient (Wildman–Crippen LogP) is 5.38. The predicted molar refractivity (Wildman–Crippen MR) is 145 cm³/mol. The van der Waals surface area contributed by atoms with Gasteiger partial charge >= 0.3 is 0 Å². The van der Waals surface area contributed by atoms with Crippen LogP contribution in [0.5, 0.6) is 0 Å². The summed E-state index contributed by atoms with van der Waals surface area (Å²) in [5.41, 5.74) is 2.32. The summed E-state index contributed by atoms with van der Waals surface area (Å²) in [7, 11) is 1.84. The van der Waals surface area contributed by atoms with Gasteiger partial charge in [-0.05, 0) is 58.2 Å². The number of aromatic nitrogens is 3. The van der Waals surface area contributed by atoms with E-state index in [0.29, 0.717) is 27.2 Å². The molecule has 4 rings (SSSR count). The van der Waals surface area contributed by atoms with Gasteiger partial charge in [0, 0.05) is 24.2 Å². The van der Waals surface area contributed by atoms with Gasteiger partial charge in [0.1, 0.15) is 11.5 Å². The van der Waals surface area contributed by atoms with E-state index in [9.17, 15) is 9.18 Å². The Labute approximate surface area is 215 Å². The van der Waals surface area contributed by atoms with Gasteiger partial charge in [0.25, 0.3) is 0 Å². The first-order valence-electron chi connectivity index (χ1n) is 12.1. The van der Waals surface area contributed by atoms with E-state index in [0.717, 1.165) is 12.8 Å².